The molecule has 0 bridgehead atoms. The Morgan fingerprint density at radius 2 is 2.33 bits per heavy atom. The predicted octanol–water partition coefficient (Wildman–Crippen LogP) is -0.0180. The fraction of sp³-hybridized carbons (Fsp3) is 0.909. The second-order valence-corrected chi connectivity index (χ2v) is 4.81. The van der Waals surface area contributed by atoms with Crippen LogP contribution in [0.25, 0.3) is 0 Å². The molecule has 1 saturated heterocycles. The number of rotatable bonds is 4. The van der Waals surface area contributed by atoms with E-state index < -0.39 is 5.54 Å². The molecule has 15 heavy (non-hydrogen) atoms. The average molecular weight is 211 g/mol. The summed E-state index contributed by atoms with van der Waals surface area (Å²) in [5.41, 5.74) is 5.17. The predicted molar refractivity (Wildman–Crippen MR) is 59.4 cm³/mol. The minimum Gasteiger partial charge on any atom is -0.368 e. The highest BCUT2D eigenvalue weighted by Crippen LogP contribution is 2.32. The summed E-state index contributed by atoms with van der Waals surface area (Å²) in [7, 11) is 0. The fourth-order valence-electron chi connectivity index (χ4n) is 2.61. The molecule has 1 amide bonds. The number of hydrogen-bond acceptors (Lipinski definition) is 3. The van der Waals surface area contributed by atoms with Crippen LogP contribution < -0.4 is 16.4 Å². The molecule has 1 heterocycles. The summed E-state index contributed by atoms with van der Waals surface area (Å²) >= 11 is 0. The maximum absolute atomic E-state index is 11.7. The number of hydrogen-bond donors (Lipinski definition) is 3. The number of piperidine rings is 1. The van der Waals surface area contributed by atoms with Crippen LogP contribution in [0.15, 0.2) is 0 Å². The van der Waals surface area contributed by atoms with Crippen molar-refractivity contribution in [2.24, 2.45) is 11.7 Å². The minimum atomic E-state index is -0.443. The zero-order valence-corrected chi connectivity index (χ0v) is 9.38. The van der Waals surface area contributed by atoms with Gasteiger partial charge in [0, 0.05) is 12.6 Å². The van der Waals surface area contributed by atoms with E-state index in [0.29, 0.717) is 12.0 Å². The Hall–Kier alpha value is -0.610. The zero-order valence-electron chi connectivity index (χ0n) is 9.38. The zero-order chi connectivity index (χ0) is 10.9. The normalized spacial score (nSPS) is 36.5. The maximum atomic E-state index is 11.7. The van der Waals surface area contributed by atoms with Crippen LogP contribution in [-0.4, -0.2) is 30.6 Å². The Bertz CT molecular complexity index is 252. The fourth-order valence-corrected chi connectivity index (χ4v) is 2.61. The molecule has 0 aromatic rings. The summed E-state index contributed by atoms with van der Waals surface area (Å²) in [4.78, 5) is 11.7. The number of nitrogens with one attached hydrogen (secondary N) is 2. The number of amides is 1. The van der Waals surface area contributed by atoms with Gasteiger partial charge in [0.05, 0.1) is 0 Å². The van der Waals surface area contributed by atoms with E-state index in [1.165, 1.54) is 12.8 Å². The first-order valence-corrected chi connectivity index (χ1v) is 5.97. The quantitative estimate of drug-likeness (QED) is 0.612. The molecule has 86 valence electrons. The van der Waals surface area contributed by atoms with Gasteiger partial charge in [-0.3, -0.25) is 4.79 Å². The topological polar surface area (TPSA) is 67.2 Å². The highest BCUT2D eigenvalue weighted by molar-refractivity contribution is 5.85. The highest BCUT2D eigenvalue weighted by atomic mass is 16.1. The Morgan fingerprint density at radius 3 is 2.87 bits per heavy atom. The van der Waals surface area contributed by atoms with Gasteiger partial charge in [-0.15, -0.1) is 0 Å². The lowest BCUT2D eigenvalue weighted by atomic mass is 9.76. The van der Waals surface area contributed by atoms with E-state index in [1.807, 2.05) is 0 Å². The second-order valence-electron chi connectivity index (χ2n) is 4.81. The van der Waals surface area contributed by atoms with Gasteiger partial charge in [-0.2, -0.15) is 0 Å². The summed E-state index contributed by atoms with van der Waals surface area (Å²) < 4.78 is 0. The first kappa shape index (κ1) is 10.9. The maximum Gasteiger partial charge on any atom is 0.238 e. The third-order valence-corrected chi connectivity index (χ3v) is 3.76. The largest absolute Gasteiger partial charge is 0.368 e. The van der Waals surface area contributed by atoms with Gasteiger partial charge in [0.2, 0.25) is 5.91 Å². The Balaban J connectivity index is 2.15. The van der Waals surface area contributed by atoms with Crippen molar-refractivity contribution in [3.05, 3.63) is 0 Å². The van der Waals surface area contributed by atoms with Gasteiger partial charge < -0.3 is 16.4 Å². The Labute approximate surface area is 91.0 Å². The van der Waals surface area contributed by atoms with Crippen LogP contribution >= 0.6 is 0 Å². The third kappa shape index (κ3) is 2.01. The summed E-state index contributed by atoms with van der Waals surface area (Å²) in [5, 5.41) is 6.83. The molecule has 0 aromatic heterocycles. The van der Waals surface area contributed by atoms with Gasteiger partial charge >= 0.3 is 0 Å². The smallest absolute Gasteiger partial charge is 0.238 e. The molecular formula is C11H21N3O. The van der Waals surface area contributed by atoms with Gasteiger partial charge in [-0.25, -0.2) is 0 Å². The lowest BCUT2D eigenvalue weighted by Crippen LogP contribution is -2.66. The third-order valence-electron chi connectivity index (χ3n) is 3.76. The van der Waals surface area contributed by atoms with E-state index in [0.717, 1.165) is 25.9 Å². The SMILES string of the molecule is CCC1CNCCC1(NC1CC1)C(N)=O. The molecular weight excluding hydrogens is 190 g/mol. The Morgan fingerprint density at radius 1 is 1.60 bits per heavy atom. The van der Waals surface area contributed by atoms with Crippen molar-refractivity contribution in [2.45, 2.75) is 44.2 Å². The van der Waals surface area contributed by atoms with E-state index in [9.17, 15) is 4.79 Å². The number of nitrogens with two attached hydrogens (primary N) is 1. The van der Waals surface area contributed by atoms with E-state index >= 15 is 0 Å². The van der Waals surface area contributed by atoms with Crippen LogP contribution in [0.2, 0.25) is 0 Å². The summed E-state index contributed by atoms with van der Waals surface area (Å²) in [6.07, 6.45) is 4.21. The molecule has 0 radical (unpaired) electrons. The van der Waals surface area contributed by atoms with Crippen LogP contribution in [0, 0.1) is 5.92 Å². The Kier molecular flexibility index (Phi) is 2.98. The molecule has 4 N–H and O–H groups in total. The van der Waals surface area contributed by atoms with Crippen LogP contribution in [-0.2, 0) is 4.79 Å². The summed E-state index contributed by atoms with van der Waals surface area (Å²) in [6, 6.07) is 0.532. The van der Waals surface area contributed by atoms with Crippen molar-refractivity contribution in [3.8, 4) is 0 Å². The number of carbonyl (C=O) groups excluding carboxylic acids is 1. The lowest BCUT2D eigenvalue weighted by molar-refractivity contribution is -0.128. The van der Waals surface area contributed by atoms with Crippen molar-refractivity contribution in [1.29, 1.82) is 0 Å². The second kappa shape index (κ2) is 4.10. The van der Waals surface area contributed by atoms with Gasteiger partial charge in [0.15, 0.2) is 0 Å². The number of primary amides is 1. The molecule has 1 aliphatic heterocycles. The van der Waals surface area contributed by atoms with Crippen LogP contribution in [0.4, 0.5) is 0 Å². The average Bonchev–Trinajstić information content (AvgIpc) is 3.02. The monoisotopic (exact) mass is 211 g/mol. The van der Waals surface area contributed by atoms with E-state index in [4.69, 9.17) is 5.73 Å². The van der Waals surface area contributed by atoms with Crippen LogP contribution in [0.1, 0.15) is 32.6 Å². The summed E-state index contributed by atoms with van der Waals surface area (Å²) in [5.74, 6) is 0.173. The molecule has 2 fully saturated rings. The number of carbonyl (C=O) groups is 1. The van der Waals surface area contributed by atoms with Gasteiger partial charge in [-0.05, 0) is 38.1 Å². The van der Waals surface area contributed by atoms with Crippen molar-refractivity contribution in [1.82, 2.24) is 10.6 Å². The molecule has 0 aromatic carbocycles. The first-order valence-electron chi connectivity index (χ1n) is 5.97. The molecule has 1 saturated carbocycles. The van der Waals surface area contributed by atoms with Crippen molar-refractivity contribution in [3.63, 3.8) is 0 Å². The minimum absolute atomic E-state index is 0.164. The molecule has 4 heteroatoms. The van der Waals surface area contributed by atoms with Crippen molar-refractivity contribution >= 4 is 5.91 Å². The van der Waals surface area contributed by atoms with E-state index in [2.05, 4.69) is 17.6 Å². The van der Waals surface area contributed by atoms with Crippen molar-refractivity contribution < 1.29 is 4.79 Å². The van der Waals surface area contributed by atoms with E-state index in [-0.39, 0.29) is 5.91 Å². The van der Waals surface area contributed by atoms with Crippen LogP contribution in [0.3, 0.4) is 0 Å². The van der Waals surface area contributed by atoms with Crippen molar-refractivity contribution in [2.75, 3.05) is 13.1 Å². The standard InChI is InChI=1S/C11H21N3O/c1-2-8-7-13-6-5-11(8,10(12)15)14-9-3-4-9/h8-9,13-14H,2-7H2,1H3,(H2,12,15). The van der Waals surface area contributed by atoms with E-state index in [1.54, 1.807) is 0 Å². The van der Waals surface area contributed by atoms with Crippen LogP contribution in [0.5, 0.6) is 0 Å². The molecule has 1 aliphatic carbocycles. The molecule has 2 unspecified atom stereocenters. The van der Waals surface area contributed by atoms with Gasteiger partial charge in [0.1, 0.15) is 5.54 Å². The highest BCUT2D eigenvalue weighted by Gasteiger charge is 2.47. The molecule has 2 rings (SSSR count). The van der Waals surface area contributed by atoms with Gasteiger partial charge in [0.25, 0.3) is 0 Å². The first-order chi connectivity index (χ1) is 7.19. The summed E-state index contributed by atoms with van der Waals surface area (Å²) in [6.45, 7) is 3.92. The molecule has 4 nitrogen and oxygen atoms in total. The molecule has 2 aliphatic rings. The lowest BCUT2D eigenvalue weighted by Gasteiger charge is -2.42. The van der Waals surface area contributed by atoms with Gasteiger partial charge in [-0.1, -0.05) is 6.92 Å². The molecule has 2 atom stereocenters. The molecule has 0 spiro atoms.